The first-order chi connectivity index (χ1) is 34.7. The number of hydrogen-bond acceptors (Lipinski definition) is 4. The number of benzene rings is 11. The van der Waals surface area contributed by atoms with Crippen LogP contribution in [0, 0.1) is 0 Å². The lowest BCUT2D eigenvalue weighted by molar-refractivity contribution is 0.582. The molecule has 15 aromatic rings. The molecule has 0 aliphatic carbocycles. The fraction of sp³-hybridized carbons (Fsp3) is 0. The Morgan fingerprint density at radius 3 is 1.59 bits per heavy atom. The molecule has 0 bridgehead atoms. The van der Waals surface area contributed by atoms with Gasteiger partial charge in [-0.25, -0.2) is 0 Å². The van der Waals surface area contributed by atoms with E-state index >= 15 is 0 Å². The van der Waals surface area contributed by atoms with E-state index in [-0.39, 0.29) is 0 Å². The first kappa shape index (κ1) is 39.1. The number of rotatable bonds is 6. The van der Waals surface area contributed by atoms with Gasteiger partial charge in [0.05, 0.1) is 6.26 Å². The average molecular weight is 911 g/mol. The third-order valence-electron chi connectivity index (χ3n) is 14.4. The van der Waals surface area contributed by atoms with Crippen molar-refractivity contribution in [1.29, 1.82) is 0 Å². The van der Waals surface area contributed by atoms with Gasteiger partial charge in [-0.3, -0.25) is 0 Å². The fourth-order valence-electron chi connectivity index (χ4n) is 11.6. The quantitative estimate of drug-likeness (QED) is 0.123. The van der Waals surface area contributed by atoms with Crippen LogP contribution < -0.4 is 0 Å². The van der Waals surface area contributed by atoms with Crippen molar-refractivity contribution < 1.29 is 13.3 Å². The third-order valence-corrected chi connectivity index (χ3v) is 15.3. The van der Waals surface area contributed by atoms with E-state index in [0.717, 1.165) is 105 Å². The number of fused-ring (bicyclic) bond motifs is 12. The number of furan rings is 3. The predicted octanol–water partition coefficient (Wildman–Crippen LogP) is 19.8. The van der Waals surface area contributed by atoms with Crippen molar-refractivity contribution in [3.05, 3.63) is 230 Å². The summed E-state index contributed by atoms with van der Waals surface area (Å²) in [5.74, 6) is 1.49. The number of hydrogen-bond donors (Lipinski definition) is 0. The SMILES string of the molecule is c1coc(-c2c(-c3cc4ccccc4o3)c(-c3cccc4oc5ccccc5c34)c(-c3cccs3)c(-c3cccc4cc5ccccc5cc34)c2-c2cccc3c4ccccc4c4ccccc4c23)c1. The van der Waals surface area contributed by atoms with Crippen molar-refractivity contribution in [2.75, 3.05) is 0 Å². The van der Waals surface area contributed by atoms with Crippen LogP contribution in [0.4, 0.5) is 0 Å². The first-order valence-corrected chi connectivity index (χ1v) is 24.6. The van der Waals surface area contributed by atoms with Crippen molar-refractivity contribution in [2.45, 2.75) is 0 Å². The van der Waals surface area contributed by atoms with Gasteiger partial charge in [0.15, 0.2) is 0 Å². The van der Waals surface area contributed by atoms with Gasteiger partial charge in [0.1, 0.15) is 28.3 Å². The van der Waals surface area contributed by atoms with Crippen molar-refractivity contribution in [2.24, 2.45) is 0 Å². The van der Waals surface area contributed by atoms with E-state index in [1.165, 1.54) is 48.5 Å². The molecule has 0 radical (unpaired) electrons. The first-order valence-electron chi connectivity index (χ1n) is 23.7. The highest BCUT2D eigenvalue weighted by Crippen LogP contribution is 2.60. The van der Waals surface area contributed by atoms with Gasteiger partial charge in [-0.05, 0) is 131 Å². The van der Waals surface area contributed by atoms with Crippen LogP contribution in [0.2, 0.25) is 0 Å². The lowest BCUT2D eigenvalue weighted by Crippen LogP contribution is -2.02. The number of para-hydroxylation sites is 2. The minimum Gasteiger partial charge on any atom is -0.464 e. The van der Waals surface area contributed by atoms with Gasteiger partial charge in [0.2, 0.25) is 0 Å². The van der Waals surface area contributed by atoms with Crippen LogP contribution in [-0.2, 0) is 0 Å². The molecule has 11 aromatic carbocycles. The summed E-state index contributed by atoms with van der Waals surface area (Å²) in [5, 5.41) is 17.2. The second-order valence-corrected chi connectivity index (χ2v) is 19.1. The molecule has 70 heavy (non-hydrogen) atoms. The van der Waals surface area contributed by atoms with Crippen molar-refractivity contribution in [3.8, 4) is 66.5 Å². The molecule has 4 heterocycles. The molecule has 15 rings (SSSR count). The molecule has 0 aliphatic heterocycles. The van der Waals surface area contributed by atoms with Crippen molar-refractivity contribution in [1.82, 2.24) is 0 Å². The summed E-state index contributed by atoms with van der Waals surface area (Å²) >= 11 is 1.76. The molecule has 0 atom stereocenters. The summed E-state index contributed by atoms with van der Waals surface area (Å²) in [4.78, 5) is 1.13. The van der Waals surface area contributed by atoms with Crippen LogP contribution in [-0.4, -0.2) is 0 Å². The van der Waals surface area contributed by atoms with Crippen LogP contribution in [0.5, 0.6) is 0 Å². The zero-order valence-electron chi connectivity index (χ0n) is 37.6. The largest absolute Gasteiger partial charge is 0.464 e. The van der Waals surface area contributed by atoms with Gasteiger partial charge >= 0.3 is 0 Å². The van der Waals surface area contributed by atoms with E-state index in [1.807, 2.05) is 18.2 Å². The summed E-state index contributed by atoms with van der Waals surface area (Å²) in [5.41, 5.74) is 12.0. The minimum atomic E-state index is 0.739. The van der Waals surface area contributed by atoms with E-state index in [2.05, 4.69) is 206 Å². The maximum atomic E-state index is 7.22. The molecule has 4 heteroatoms. The molecule has 4 aromatic heterocycles. The molecule has 326 valence electrons. The van der Waals surface area contributed by atoms with E-state index in [4.69, 9.17) is 13.3 Å². The molecule has 0 fully saturated rings. The van der Waals surface area contributed by atoms with Gasteiger partial charge in [0.25, 0.3) is 0 Å². The smallest absolute Gasteiger partial charge is 0.136 e. The van der Waals surface area contributed by atoms with Crippen LogP contribution >= 0.6 is 11.3 Å². The highest BCUT2D eigenvalue weighted by molar-refractivity contribution is 7.13. The second kappa shape index (κ2) is 15.3. The van der Waals surface area contributed by atoms with Gasteiger partial charge in [-0.2, -0.15) is 0 Å². The maximum absolute atomic E-state index is 7.22. The van der Waals surface area contributed by atoms with E-state index in [0.29, 0.717) is 0 Å². The molecule has 0 N–H and O–H groups in total. The Labute approximate surface area is 405 Å². The van der Waals surface area contributed by atoms with E-state index < -0.39 is 0 Å². The maximum Gasteiger partial charge on any atom is 0.136 e. The van der Waals surface area contributed by atoms with Gasteiger partial charge in [-0.15, -0.1) is 11.3 Å². The Morgan fingerprint density at radius 2 is 0.843 bits per heavy atom. The van der Waals surface area contributed by atoms with Gasteiger partial charge in [-0.1, -0.05) is 164 Å². The fourth-order valence-corrected chi connectivity index (χ4v) is 12.4. The molecular formula is C66H38O3S. The van der Waals surface area contributed by atoms with Gasteiger partial charge in [0, 0.05) is 54.4 Å². The lowest BCUT2D eigenvalue weighted by atomic mass is 9.75. The summed E-state index contributed by atoms with van der Waals surface area (Å²) in [6.45, 7) is 0. The Hall–Kier alpha value is -8.96. The molecule has 0 amide bonds. The molecule has 0 aliphatic rings. The third kappa shape index (κ3) is 5.75. The zero-order valence-corrected chi connectivity index (χ0v) is 38.4. The minimum absolute atomic E-state index is 0.739. The van der Waals surface area contributed by atoms with Crippen LogP contribution in [0.15, 0.2) is 243 Å². The van der Waals surface area contributed by atoms with E-state index in [1.54, 1.807) is 17.6 Å². The lowest BCUT2D eigenvalue weighted by Gasteiger charge is -2.28. The topological polar surface area (TPSA) is 39.4 Å². The monoisotopic (exact) mass is 910 g/mol. The molecule has 0 saturated carbocycles. The Balaban J connectivity index is 1.27. The van der Waals surface area contributed by atoms with Crippen LogP contribution in [0.1, 0.15) is 0 Å². The van der Waals surface area contributed by atoms with E-state index in [9.17, 15) is 0 Å². The summed E-state index contributed by atoms with van der Waals surface area (Å²) in [7, 11) is 0. The van der Waals surface area contributed by atoms with Gasteiger partial charge < -0.3 is 13.3 Å². The molecule has 0 spiro atoms. The Kier molecular flexibility index (Phi) is 8.53. The standard InChI is InChI=1S/C66H38O3S/c1-2-17-40-37-52-41(36-39(40)16-1)19-11-25-48(52)61-62(50-27-12-26-47-45-21-5-4-20-43(45)44-22-6-7-23-46(44)59(47)50)64(55-32-14-34-67-55)65(57-38-42-18-3-9-29-53(42)68-57)63(66(61)58-33-15-35-70-58)51-28-13-31-56-60(51)49-24-8-10-30-54(49)69-56/h1-38H. The number of thiophene rings is 1. The molecule has 0 saturated heterocycles. The second-order valence-electron chi connectivity index (χ2n) is 18.2. The normalized spacial score (nSPS) is 12.0. The van der Waals surface area contributed by atoms with Crippen LogP contribution in [0.25, 0.3) is 153 Å². The molecule has 0 unspecified atom stereocenters. The zero-order chi connectivity index (χ0) is 45.9. The van der Waals surface area contributed by atoms with Crippen molar-refractivity contribution in [3.63, 3.8) is 0 Å². The predicted molar refractivity (Wildman–Crippen MR) is 294 cm³/mol. The highest BCUT2D eigenvalue weighted by atomic mass is 32.1. The average Bonchev–Trinajstić information content (AvgIpc) is 4.27. The summed E-state index contributed by atoms with van der Waals surface area (Å²) < 4.78 is 20.8. The Morgan fingerprint density at radius 1 is 0.286 bits per heavy atom. The summed E-state index contributed by atoms with van der Waals surface area (Å²) in [6, 6.07) is 78.8. The molecular weight excluding hydrogens is 873 g/mol. The highest BCUT2D eigenvalue weighted by Gasteiger charge is 2.34. The Bertz CT molecular complexity index is 4510. The molecule has 3 nitrogen and oxygen atoms in total. The van der Waals surface area contributed by atoms with Crippen molar-refractivity contribution >= 4 is 98.1 Å². The summed E-state index contributed by atoms with van der Waals surface area (Å²) in [6.07, 6.45) is 1.80. The van der Waals surface area contributed by atoms with Crippen LogP contribution in [0.3, 0.4) is 0 Å².